The molecule has 1 saturated heterocycles. The summed E-state index contributed by atoms with van der Waals surface area (Å²) in [5.41, 5.74) is 0. The van der Waals surface area contributed by atoms with E-state index in [-0.39, 0.29) is 5.91 Å². The van der Waals surface area contributed by atoms with Crippen molar-refractivity contribution in [3.63, 3.8) is 0 Å². The van der Waals surface area contributed by atoms with Gasteiger partial charge in [0, 0.05) is 32.6 Å². The second-order valence-corrected chi connectivity index (χ2v) is 4.05. The molecule has 1 fully saturated rings. The van der Waals surface area contributed by atoms with Crippen LogP contribution in [0.4, 0.5) is 0 Å². The van der Waals surface area contributed by atoms with E-state index in [2.05, 4.69) is 22.5 Å². The average molecular weight is 213 g/mol. The van der Waals surface area contributed by atoms with Gasteiger partial charge >= 0.3 is 0 Å². The molecule has 0 aromatic carbocycles. The van der Waals surface area contributed by atoms with Crippen LogP contribution < -0.4 is 10.6 Å². The second kappa shape index (κ2) is 7.65. The SMILES string of the molecule is CCCNC(=O)CCN1CCCNCC1. The third-order valence-electron chi connectivity index (χ3n) is 2.66. The van der Waals surface area contributed by atoms with Crippen molar-refractivity contribution >= 4 is 5.91 Å². The highest BCUT2D eigenvalue weighted by molar-refractivity contribution is 5.75. The number of carbonyl (C=O) groups is 1. The van der Waals surface area contributed by atoms with Crippen LogP contribution in [0.3, 0.4) is 0 Å². The maximum atomic E-state index is 11.4. The van der Waals surface area contributed by atoms with Crippen LogP contribution in [0.1, 0.15) is 26.2 Å². The Hall–Kier alpha value is -0.610. The van der Waals surface area contributed by atoms with E-state index >= 15 is 0 Å². The zero-order valence-corrected chi connectivity index (χ0v) is 9.72. The fraction of sp³-hybridized carbons (Fsp3) is 0.909. The Bertz CT molecular complexity index is 177. The summed E-state index contributed by atoms with van der Waals surface area (Å²) in [7, 11) is 0. The third-order valence-corrected chi connectivity index (χ3v) is 2.66. The first-order chi connectivity index (χ1) is 7.33. The molecule has 0 aromatic rings. The topological polar surface area (TPSA) is 44.4 Å². The van der Waals surface area contributed by atoms with Crippen molar-refractivity contribution in [2.75, 3.05) is 39.3 Å². The molecule has 1 aliphatic rings. The Morgan fingerprint density at radius 2 is 2.27 bits per heavy atom. The lowest BCUT2D eigenvalue weighted by molar-refractivity contribution is -0.121. The highest BCUT2D eigenvalue weighted by Gasteiger charge is 2.09. The van der Waals surface area contributed by atoms with Crippen LogP contribution in [0, 0.1) is 0 Å². The fourth-order valence-electron chi connectivity index (χ4n) is 1.74. The number of rotatable bonds is 5. The molecule has 2 N–H and O–H groups in total. The third kappa shape index (κ3) is 5.74. The van der Waals surface area contributed by atoms with Gasteiger partial charge in [0.05, 0.1) is 0 Å². The first-order valence-corrected chi connectivity index (χ1v) is 6.02. The average Bonchev–Trinajstić information content (AvgIpc) is 2.51. The summed E-state index contributed by atoms with van der Waals surface area (Å²) in [5.74, 6) is 0.189. The molecule has 1 rings (SSSR count). The molecule has 1 heterocycles. The van der Waals surface area contributed by atoms with Crippen molar-refractivity contribution in [1.82, 2.24) is 15.5 Å². The first-order valence-electron chi connectivity index (χ1n) is 6.02. The van der Waals surface area contributed by atoms with Gasteiger partial charge in [-0.1, -0.05) is 6.92 Å². The van der Waals surface area contributed by atoms with Gasteiger partial charge in [-0.3, -0.25) is 4.79 Å². The van der Waals surface area contributed by atoms with Crippen LogP contribution in [0.25, 0.3) is 0 Å². The molecule has 1 aliphatic heterocycles. The van der Waals surface area contributed by atoms with Gasteiger partial charge < -0.3 is 15.5 Å². The van der Waals surface area contributed by atoms with Crippen LogP contribution in [0.5, 0.6) is 0 Å². The van der Waals surface area contributed by atoms with Crippen LogP contribution >= 0.6 is 0 Å². The molecular weight excluding hydrogens is 190 g/mol. The minimum absolute atomic E-state index is 0.189. The molecule has 4 nitrogen and oxygen atoms in total. The molecule has 0 aliphatic carbocycles. The Balaban J connectivity index is 2.09. The van der Waals surface area contributed by atoms with Gasteiger partial charge in [-0.05, 0) is 25.9 Å². The van der Waals surface area contributed by atoms with E-state index in [1.165, 1.54) is 6.42 Å². The van der Waals surface area contributed by atoms with Crippen LogP contribution in [0.15, 0.2) is 0 Å². The van der Waals surface area contributed by atoms with E-state index in [0.717, 1.165) is 45.7 Å². The normalized spacial score (nSPS) is 18.5. The minimum atomic E-state index is 0.189. The zero-order valence-electron chi connectivity index (χ0n) is 9.72. The van der Waals surface area contributed by atoms with Crippen molar-refractivity contribution in [1.29, 1.82) is 0 Å². The number of amides is 1. The summed E-state index contributed by atoms with van der Waals surface area (Å²) in [6, 6.07) is 0. The van der Waals surface area contributed by atoms with E-state index in [1.807, 2.05) is 0 Å². The molecule has 0 bridgehead atoms. The maximum Gasteiger partial charge on any atom is 0.221 e. The lowest BCUT2D eigenvalue weighted by atomic mass is 10.3. The summed E-state index contributed by atoms with van der Waals surface area (Å²) in [6.07, 6.45) is 2.84. The lowest BCUT2D eigenvalue weighted by Gasteiger charge is -2.18. The van der Waals surface area contributed by atoms with Crippen LogP contribution in [-0.4, -0.2) is 50.1 Å². The number of nitrogens with one attached hydrogen (secondary N) is 2. The second-order valence-electron chi connectivity index (χ2n) is 4.05. The predicted molar refractivity (Wildman–Crippen MR) is 61.8 cm³/mol. The van der Waals surface area contributed by atoms with E-state index in [1.54, 1.807) is 0 Å². The predicted octanol–water partition coefficient (Wildman–Crippen LogP) is 0.198. The van der Waals surface area contributed by atoms with Gasteiger partial charge in [-0.25, -0.2) is 0 Å². The quantitative estimate of drug-likeness (QED) is 0.685. The summed E-state index contributed by atoms with van der Waals surface area (Å²) in [5, 5.41) is 6.26. The first kappa shape index (κ1) is 12.5. The van der Waals surface area contributed by atoms with Gasteiger partial charge in [0.1, 0.15) is 0 Å². The summed E-state index contributed by atoms with van der Waals surface area (Å²) in [6.45, 7) is 8.13. The molecular formula is C11H23N3O. The van der Waals surface area contributed by atoms with Crippen molar-refractivity contribution in [2.24, 2.45) is 0 Å². The Kier molecular flexibility index (Phi) is 6.36. The molecule has 1 amide bonds. The van der Waals surface area contributed by atoms with Crippen LogP contribution in [0.2, 0.25) is 0 Å². The van der Waals surface area contributed by atoms with E-state index in [0.29, 0.717) is 6.42 Å². The standard InChI is InChI=1S/C11H23N3O/c1-2-5-13-11(15)4-9-14-8-3-6-12-7-10-14/h12H,2-10H2,1H3,(H,13,15). The van der Waals surface area contributed by atoms with Crippen molar-refractivity contribution < 1.29 is 4.79 Å². The molecule has 0 spiro atoms. The number of hydrogen-bond donors (Lipinski definition) is 2. The summed E-state index contributed by atoms with van der Waals surface area (Å²) >= 11 is 0. The summed E-state index contributed by atoms with van der Waals surface area (Å²) in [4.78, 5) is 13.7. The van der Waals surface area contributed by atoms with E-state index in [4.69, 9.17) is 0 Å². The molecule has 88 valence electrons. The highest BCUT2D eigenvalue weighted by Crippen LogP contribution is 1.96. The highest BCUT2D eigenvalue weighted by atomic mass is 16.1. The van der Waals surface area contributed by atoms with Gasteiger partial charge in [-0.2, -0.15) is 0 Å². The minimum Gasteiger partial charge on any atom is -0.356 e. The Morgan fingerprint density at radius 1 is 1.40 bits per heavy atom. The largest absolute Gasteiger partial charge is 0.356 e. The Morgan fingerprint density at radius 3 is 3.07 bits per heavy atom. The molecule has 0 unspecified atom stereocenters. The summed E-state index contributed by atoms with van der Waals surface area (Å²) < 4.78 is 0. The number of hydrogen-bond acceptors (Lipinski definition) is 3. The van der Waals surface area contributed by atoms with Gasteiger partial charge in [0.25, 0.3) is 0 Å². The monoisotopic (exact) mass is 213 g/mol. The molecule has 15 heavy (non-hydrogen) atoms. The van der Waals surface area contributed by atoms with E-state index < -0.39 is 0 Å². The number of nitrogens with zero attached hydrogens (tertiary/aromatic N) is 1. The van der Waals surface area contributed by atoms with Gasteiger partial charge in [-0.15, -0.1) is 0 Å². The van der Waals surface area contributed by atoms with Gasteiger partial charge in [0.2, 0.25) is 5.91 Å². The molecule has 0 radical (unpaired) electrons. The van der Waals surface area contributed by atoms with Gasteiger partial charge in [0.15, 0.2) is 0 Å². The van der Waals surface area contributed by atoms with Crippen molar-refractivity contribution in [3.8, 4) is 0 Å². The Labute approximate surface area is 92.4 Å². The zero-order chi connectivity index (χ0) is 10.9. The molecule has 0 saturated carbocycles. The molecule has 4 heteroatoms. The van der Waals surface area contributed by atoms with Crippen LogP contribution in [-0.2, 0) is 4.79 Å². The molecule has 0 aromatic heterocycles. The van der Waals surface area contributed by atoms with E-state index in [9.17, 15) is 4.79 Å². The van der Waals surface area contributed by atoms with Crippen molar-refractivity contribution in [2.45, 2.75) is 26.2 Å². The molecule has 0 atom stereocenters. The number of carbonyl (C=O) groups excluding carboxylic acids is 1. The maximum absolute atomic E-state index is 11.4. The fourth-order valence-corrected chi connectivity index (χ4v) is 1.74. The van der Waals surface area contributed by atoms with Crippen molar-refractivity contribution in [3.05, 3.63) is 0 Å². The smallest absolute Gasteiger partial charge is 0.221 e. The lowest BCUT2D eigenvalue weighted by Crippen LogP contribution is -2.33.